The predicted molar refractivity (Wildman–Crippen MR) is 141 cm³/mol. The van der Waals surface area contributed by atoms with E-state index < -0.39 is 36.9 Å². The van der Waals surface area contributed by atoms with Gasteiger partial charge in [-0.15, -0.1) is 0 Å². The van der Waals surface area contributed by atoms with E-state index in [1.54, 1.807) is 0 Å². The average molecular weight is 501 g/mol. The molecule has 0 rings (SSSR count). The van der Waals surface area contributed by atoms with Crippen LogP contribution in [-0.2, 0) is 4.79 Å². The molecule has 8 nitrogen and oxygen atoms in total. The minimum Gasteiger partial charge on any atom is -0.394 e. The van der Waals surface area contributed by atoms with Crippen molar-refractivity contribution < 1.29 is 30.3 Å². The van der Waals surface area contributed by atoms with Gasteiger partial charge in [0.05, 0.1) is 6.61 Å². The molecule has 206 valence electrons. The van der Waals surface area contributed by atoms with E-state index in [0.29, 0.717) is 26.1 Å². The number of aliphatic hydroxyl groups excluding tert-OH is 5. The summed E-state index contributed by atoms with van der Waals surface area (Å²) in [4.78, 5) is 14.1. The van der Waals surface area contributed by atoms with Gasteiger partial charge in [-0.2, -0.15) is 0 Å². The molecule has 0 saturated heterocycles. The predicted octanol–water partition coefficient (Wildman–Crippen LogP) is 2.41. The molecule has 8 heteroatoms. The maximum absolute atomic E-state index is 12.6. The molecule has 0 aromatic carbocycles. The van der Waals surface area contributed by atoms with Gasteiger partial charge >= 0.3 is 0 Å². The van der Waals surface area contributed by atoms with Gasteiger partial charge in [0, 0.05) is 13.1 Å². The van der Waals surface area contributed by atoms with E-state index >= 15 is 0 Å². The summed E-state index contributed by atoms with van der Waals surface area (Å²) in [5.74, 6) is -0.710. The van der Waals surface area contributed by atoms with Gasteiger partial charge in [0.1, 0.15) is 18.3 Å². The van der Waals surface area contributed by atoms with Crippen molar-refractivity contribution >= 4 is 5.91 Å². The molecule has 0 aromatic rings. The SMILES string of the molecule is CCCCC/C=C\C/C=C\CCCCCCCCN(CCCN)C(=O)[C@H](O)[C@@H](O)[C@H](O)[C@H](O)CO. The van der Waals surface area contributed by atoms with Crippen LogP contribution in [0.2, 0.25) is 0 Å². The van der Waals surface area contributed by atoms with E-state index in [1.165, 1.54) is 43.4 Å². The summed E-state index contributed by atoms with van der Waals surface area (Å²) < 4.78 is 0. The Morgan fingerprint density at radius 1 is 0.771 bits per heavy atom. The Balaban J connectivity index is 4.10. The van der Waals surface area contributed by atoms with E-state index in [-0.39, 0.29) is 0 Å². The number of hydrogen-bond donors (Lipinski definition) is 6. The van der Waals surface area contributed by atoms with Crippen LogP contribution in [0.3, 0.4) is 0 Å². The average Bonchev–Trinajstić information content (AvgIpc) is 2.87. The maximum atomic E-state index is 12.6. The monoisotopic (exact) mass is 500 g/mol. The van der Waals surface area contributed by atoms with Crippen molar-refractivity contribution in [2.24, 2.45) is 5.73 Å². The quantitative estimate of drug-likeness (QED) is 0.0932. The van der Waals surface area contributed by atoms with Crippen molar-refractivity contribution in [3.05, 3.63) is 24.3 Å². The summed E-state index contributed by atoms with van der Waals surface area (Å²) in [6.07, 6.45) is 15.7. The van der Waals surface area contributed by atoms with Crippen LogP contribution in [0.15, 0.2) is 24.3 Å². The zero-order valence-corrected chi connectivity index (χ0v) is 21.8. The van der Waals surface area contributed by atoms with Crippen LogP contribution in [0.4, 0.5) is 0 Å². The molecule has 0 aliphatic carbocycles. The molecule has 0 aliphatic rings. The first-order valence-corrected chi connectivity index (χ1v) is 13.5. The van der Waals surface area contributed by atoms with Gasteiger partial charge in [0.2, 0.25) is 0 Å². The number of carbonyl (C=O) groups excluding carboxylic acids is 1. The largest absolute Gasteiger partial charge is 0.394 e. The highest BCUT2D eigenvalue weighted by Crippen LogP contribution is 2.12. The van der Waals surface area contributed by atoms with Crippen LogP contribution in [0.5, 0.6) is 0 Å². The van der Waals surface area contributed by atoms with E-state index in [2.05, 4.69) is 31.2 Å². The van der Waals surface area contributed by atoms with Crippen molar-refractivity contribution in [2.45, 2.75) is 115 Å². The Labute approximate surface area is 212 Å². The van der Waals surface area contributed by atoms with Crippen molar-refractivity contribution in [2.75, 3.05) is 26.2 Å². The van der Waals surface area contributed by atoms with Crippen LogP contribution in [0, 0.1) is 0 Å². The van der Waals surface area contributed by atoms with E-state index in [4.69, 9.17) is 10.8 Å². The van der Waals surface area contributed by atoms with Crippen LogP contribution >= 0.6 is 0 Å². The number of allylic oxidation sites excluding steroid dienone is 4. The second kappa shape index (κ2) is 23.1. The molecule has 35 heavy (non-hydrogen) atoms. The van der Waals surface area contributed by atoms with Gasteiger partial charge in [-0.3, -0.25) is 4.79 Å². The Hall–Kier alpha value is -1.29. The first-order chi connectivity index (χ1) is 16.9. The minimum absolute atomic E-state index is 0.345. The van der Waals surface area contributed by atoms with E-state index in [9.17, 15) is 25.2 Å². The molecule has 0 aromatic heterocycles. The third-order valence-electron chi connectivity index (χ3n) is 6.08. The summed E-state index contributed by atoms with van der Waals surface area (Å²) in [5.41, 5.74) is 5.55. The van der Waals surface area contributed by atoms with Crippen molar-refractivity contribution in [1.82, 2.24) is 4.90 Å². The van der Waals surface area contributed by atoms with Crippen LogP contribution in [0.1, 0.15) is 90.4 Å². The van der Waals surface area contributed by atoms with Gasteiger partial charge in [-0.05, 0) is 51.5 Å². The molecule has 0 unspecified atom stereocenters. The van der Waals surface area contributed by atoms with Gasteiger partial charge in [0.15, 0.2) is 6.10 Å². The lowest BCUT2D eigenvalue weighted by Crippen LogP contribution is -2.53. The smallest absolute Gasteiger partial charge is 0.254 e. The summed E-state index contributed by atoms with van der Waals surface area (Å²) in [6, 6.07) is 0. The highest BCUT2D eigenvalue weighted by atomic mass is 16.4. The molecular formula is C27H52N2O6. The Bertz CT molecular complexity index is 558. The Kier molecular flexibility index (Phi) is 22.3. The number of rotatable bonds is 23. The molecular weight excluding hydrogens is 448 g/mol. The number of aliphatic hydroxyl groups is 5. The topological polar surface area (TPSA) is 147 Å². The Morgan fingerprint density at radius 3 is 1.89 bits per heavy atom. The van der Waals surface area contributed by atoms with Gasteiger partial charge in [-0.1, -0.05) is 69.8 Å². The molecule has 0 bridgehead atoms. The molecule has 0 aliphatic heterocycles. The third kappa shape index (κ3) is 16.9. The summed E-state index contributed by atoms with van der Waals surface area (Å²) in [6.45, 7) is 2.59. The maximum Gasteiger partial charge on any atom is 0.254 e. The molecule has 4 atom stereocenters. The fourth-order valence-corrected chi connectivity index (χ4v) is 3.76. The number of nitrogens with zero attached hydrogens (tertiary/aromatic N) is 1. The Morgan fingerprint density at radius 2 is 1.31 bits per heavy atom. The lowest BCUT2D eigenvalue weighted by molar-refractivity contribution is -0.158. The van der Waals surface area contributed by atoms with Gasteiger partial charge in [-0.25, -0.2) is 0 Å². The zero-order chi connectivity index (χ0) is 26.3. The van der Waals surface area contributed by atoms with E-state index in [0.717, 1.165) is 38.5 Å². The first-order valence-electron chi connectivity index (χ1n) is 13.5. The van der Waals surface area contributed by atoms with Crippen molar-refractivity contribution in [3.63, 3.8) is 0 Å². The van der Waals surface area contributed by atoms with Gasteiger partial charge < -0.3 is 36.2 Å². The highest BCUT2D eigenvalue weighted by molar-refractivity contribution is 5.81. The summed E-state index contributed by atoms with van der Waals surface area (Å²) in [7, 11) is 0. The second-order valence-electron chi connectivity index (χ2n) is 9.23. The summed E-state index contributed by atoms with van der Waals surface area (Å²) in [5, 5.41) is 48.3. The standard InChI is InChI=1S/C27H52N2O6/c1-2-3-4-5-6-7-8-9-10-11-12-13-14-15-16-17-20-29(21-18-19-28)27(35)26(34)25(33)24(32)23(31)22-30/h6-7,9-10,23-26,30-34H,2-5,8,11-22,28H2,1H3/b7-6-,10-9-/t23-,24-,25+,26-/m1/s1. The number of hydrogen-bond acceptors (Lipinski definition) is 7. The first kappa shape index (κ1) is 33.7. The normalized spacial score (nSPS) is 15.5. The second-order valence-corrected chi connectivity index (χ2v) is 9.23. The van der Waals surface area contributed by atoms with Crippen molar-refractivity contribution in [1.29, 1.82) is 0 Å². The molecule has 0 heterocycles. The molecule has 7 N–H and O–H groups in total. The minimum atomic E-state index is -1.89. The van der Waals surface area contributed by atoms with Crippen LogP contribution in [-0.4, -0.2) is 87.0 Å². The number of nitrogens with two attached hydrogens (primary N) is 1. The van der Waals surface area contributed by atoms with Crippen LogP contribution < -0.4 is 5.73 Å². The molecule has 0 fully saturated rings. The lowest BCUT2D eigenvalue weighted by atomic mass is 10.0. The number of amides is 1. The number of carbonyl (C=O) groups is 1. The molecule has 0 spiro atoms. The molecule has 0 radical (unpaired) electrons. The van der Waals surface area contributed by atoms with E-state index in [1.807, 2.05) is 0 Å². The third-order valence-corrected chi connectivity index (χ3v) is 6.08. The fourth-order valence-electron chi connectivity index (χ4n) is 3.76. The van der Waals surface area contributed by atoms with Crippen LogP contribution in [0.25, 0.3) is 0 Å². The molecule has 0 saturated carbocycles. The number of unbranched alkanes of at least 4 members (excludes halogenated alkanes) is 9. The van der Waals surface area contributed by atoms with Gasteiger partial charge in [0.25, 0.3) is 5.91 Å². The lowest BCUT2D eigenvalue weighted by Gasteiger charge is -2.30. The molecule has 1 amide bonds. The zero-order valence-electron chi connectivity index (χ0n) is 21.8. The summed E-state index contributed by atoms with van der Waals surface area (Å²) >= 11 is 0. The highest BCUT2D eigenvalue weighted by Gasteiger charge is 2.36. The van der Waals surface area contributed by atoms with Crippen molar-refractivity contribution in [3.8, 4) is 0 Å². The fraction of sp³-hybridized carbons (Fsp3) is 0.815.